The molecule has 2 heterocycles. The van der Waals surface area contributed by atoms with Crippen molar-refractivity contribution in [3.63, 3.8) is 0 Å². The fraction of sp³-hybridized carbons (Fsp3) is 0.0408. The molecule has 1 aliphatic heterocycles. The van der Waals surface area contributed by atoms with E-state index in [2.05, 4.69) is 183 Å². The predicted molar refractivity (Wildman–Crippen MR) is 224 cm³/mol. The van der Waals surface area contributed by atoms with Crippen molar-refractivity contribution < 1.29 is 0 Å². The maximum atomic E-state index is 5.27. The Balaban J connectivity index is 1.11. The molecular formula is C49H35N3Si. The van der Waals surface area contributed by atoms with E-state index < -0.39 is 8.07 Å². The van der Waals surface area contributed by atoms with Gasteiger partial charge in [-0.1, -0.05) is 177 Å². The molecule has 8 aromatic carbocycles. The molecule has 0 saturated heterocycles. The van der Waals surface area contributed by atoms with Gasteiger partial charge in [0.25, 0.3) is 0 Å². The van der Waals surface area contributed by atoms with E-state index in [4.69, 9.17) is 15.0 Å². The Kier molecular flexibility index (Phi) is 7.27. The van der Waals surface area contributed by atoms with E-state index in [-0.39, 0.29) is 0 Å². The summed E-state index contributed by atoms with van der Waals surface area (Å²) in [4.78, 5) is 15.7. The number of benzene rings is 8. The van der Waals surface area contributed by atoms with Crippen LogP contribution in [0.2, 0.25) is 13.1 Å². The quantitative estimate of drug-likeness (QED) is 0.168. The highest BCUT2D eigenvalue weighted by Crippen LogP contribution is 2.36. The number of rotatable bonds is 5. The van der Waals surface area contributed by atoms with Gasteiger partial charge in [-0.15, -0.1) is 0 Å². The first kappa shape index (κ1) is 31.3. The Hall–Kier alpha value is -6.49. The van der Waals surface area contributed by atoms with Crippen molar-refractivity contribution in [2.75, 3.05) is 0 Å². The van der Waals surface area contributed by atoms with E-state index in [9.17, 15) is 0 Å². The maximum Gasteiger partial charge on any atom is 0.164 e. The molecule has 0 unspecified atom stereocenters. The zero-order chi connectivity index (χ0) is 35.5. The van der Waals surface area contributed by atoms with Gasteiger partial charge < -0.3 is 0 Å². The molecule has 1 aliphatic rings. The third-order valence-electron chi connectivity index (χ3n) is 10.9. The summed E-state index contributed by atoms with van der Waals surface area (Å²) in [5.41, 5.74) is 10.3. The summed E-state index contributed by atoms with van der Waals surface area (Å²) in [5.74, 6) is 2.05. The number of hydrogen-bond acceptors (Lipinski definition) is 3. The average molecular weight is 694 g/mol. The van der Waals surface area contributed by atoms with Gasteiger partial charge in [0, 0.05) is 16.7 Å². The van der Waals surface area contributed by atoms with E-state index in [1.165, 1.54) is 54.2 Å². The summed E-state index contributed by atoms with van der Waals surface area (Å²) in [5, 5.41) is 7.89. The number of aromatic nitrogens is 3. The standard InChI is InChI=1S/C49H35N3Si/c1-53(2)45-31-40-16-9-8-15-39(40)30-44(45)42-17-10-18-43(46(42)53)49-51-47(36-24-19-34(20-25-36)32-11-4-3-5-12-32)50-48(52-49)37-26-21-35(22-27-37)41-28-23-33-13-6-7-14-38(33)29-41/h3-31H,1-2H3. The van der Waals surface area contributed by atoms with Crippen molar-refractivity contribution >= 4 is 40.0 Å². The number of fused-ring (bicyclic) bond motifs is 5. The highest BCUT2D eigenvalue weighted by atomic mass is 28.3. The first-order chi connectivity index (χ1) is 26.0. The van der Waals surface area contributed by atoms with E-state index >= 15 is 0 Å². The van der Waals surface area contributed by atoms with Crippen LogP contribution in [0, 0.1) is 0 Å². The fourth-order valence-corrected chi connectivity index (χ4v) is 11.6. The molecule has 10 rings (SSSR count). The first-order valence-corrected chi connectivity index (χ1v) is 21.2. The molecule has 0 amide bonds. The lowest BCUT2D eigenvalue weighted by molar-refractivity contribution is 1.08. The Morgan fingerprint density at radius 2 is 0.792 bits per heavy atom. The van der Waals surface area contributed by atoms with Gasteiger partial charge in [0.1, 0.15) is 8.07 Å². The minimum atomic E-state index is -2.13. The summed E-state index contributed by atoms with van der Waals surface area (Å²) in [6.07, 6.45) is 0. The lowest BCUT2D eigenvalue weighted by atomic mass is 9.99. The van der Waals surface area contributed by atoms with Gasteiger partial charge in [-0.2, -0.15) is 0 Å². The summed E-state index contributed by atoms with van der Waals surface area (Å²) >= 11 is 0. The van der Waals surface area contributed by atoms with E-state index in [0.717, 1.165) is 27.8 Å². The normalized spacial score (nSPS) is 12.9. The van der Waals surface area contributed by atoms with Crippen LogP contribution in [0.25, 0.3) is 89.1 Å². The molecule has 53 heavy (non-hydrogen) atoms. The van der Waals surface area contributed by atoms with Gasteiger partial charge in [0.15, 0.2) is 17.5 Å². The van der Waals surface area contributed by atoms with Gasteiger partial charge in [0.2, 0.25) is 0 Å². The first-order valence-electron chi connectivity index (χ1n) is 18.2. The predicted octanol–water partition coefficient (Wildman–Crippen LogP) is 11.3. The lowest BCUT2D eigenvalue weighted by Crippen LogP contribution is -2.50. The van der Waals surface area contributed by atoms with E-state index in [1.807, 2.05) is 6.07 Å². The van der Waals surface area contributed by atoms with Crippen molar-refractivity contribution in [1.29, 1.82) is 0 Å². The Morgan fingerprint density at radius 1 is 0.321 bits per heavy atom. The molecule has 0 spiro atoms. The molecule has 3 nitrogen and oxygen atoms in total. The van der Waals surface area contributed by atoms with Gasteiger partial charge in [-0.05, 0) is 77.4 Å². The molecule has 0 fully saturated rings. The molecule has 0 aliphatic carbocycles. The second-order valence-corrected chi connectivity index (χ2v) is 18.8. The molecule has 250 valence electrons. The van der Waals surface area contributed by atoms with Gasteiger partial charge in [0.05, 0.1) is 0 Å². The van der Waals surface area contributed by atoms with Crippen LogP contribution in [-0.2, 0) is 0 Å². The van der Waals surface area contributed by atoms with Crippen LogP contribution >= 0.6 is 0 Å². The van der Waals surface area contributed by atoms with E-state index in [1.54, 1.807) is 0 Å². The third kappa shape index (κ3) is 5.38. The Labute approximate surface area is 310 Å². The van der Waals surface area contributed by atoms with Crippen LogP contribution in [0.5, 0.6) is 0 Å². The minimum absolute atomic E-state index is 0.667. The number of nitrogens with zero attached hydrogens (tertiary/aromatic N) is 3. The van der Waals surface area contributed by atoms with Crippen LogP contribution in [0.15, 0.2) is 176 Å². The zero-order valence-electron chi connectivity index (χ0n) is 29.6. The summed E-state index contributed by atoms with van der Waals surface area (Å²) in [6.45, 7) is 4.93. The second-order valence-electron chi connectivity index (χ2n) is 14.5. The molecular weight excluding hydrogens is 659 g/mol. The van der Waals surface area contributed by atoms with Crippen LogP contribution in [0.3, 0.4) is 0 Å². The topological polar surface area (TPSA) is 38.7 Å². The van der Waals surface area contributed by atoms with Crippen molar-refractivity contribution in [2.24, 2.45) is 0 Å². The summed E-state index contributed by atoms with van der Waals surface area (Å²) in [6, 6.07) is 63.0. The summed E-state index contributed by atoms with van der Waals surface area (Å²) in [7, 11) is -2.13. The zero-order valence-corrected chi connectivity index (χ0v) is 30.6. The summed E-state index contributed by atoms with van der Waals surface area (Å²) < 4.78 is 0. The molecule has 0 saturated carbocycles. The van der Waals surface area contributed by atoms with Crippen LogP contribution < -0.4 is 10.4 Å². The smallest absolute Gasteiger partial charge is 0.164 e. The Bertz CT molecular complexity index is 2840. The highest BCUT2D eigenvalue weighted by molar-refractivity contribution is 7.04. The van der Waals surface area contributed by atoms with Crippen molar-refractivity contribution in [3.05, 3.63) is 176 Å². The van der Waals surface area contributed by atoms with E-state index in [0.29, 0.717) is 17.5 Å². The van der Waals surface area contributed by atoms with Crippen LogP contribution in [-0.4, -0.2) is 23.0 Å². The van der Waals surface area contributed by atoms with Crippen molar-refractivity contribution in [1.82, 2.24) is 15.0 Å². The van der Waals surface area contributed by atoms with Crippen LogP contribution in [0.4, 0.5) is 0 Å². The van der Waals surface area contributed by atoms with Gasteiger partial charge >= 0.3 is 0 Å². The monoisotopic (exact) mass is 693 g/mol. The van der Waals surface area contributed by atoms with Crippen molar-refractivity contribution in [2.45, 2.75) is 13.1 Å². The SMILES string of the molecule is C[Si]1(C)c2cc3ccccc3cc2-c2cccc(-c3nc(-c4ccc(-c5ccccc5)cc4)nc(-c4ccc(-c5ccc6ccccc6c5)cc4)n3)c21. The molecule has 1 aromatic heterocycles. The molecule has 0 bridgehead atoms. The second kappa shape index (κ2) is 12.3. The molecule has 0 atom stereocenters. The minimum Gasteiger partial charge on any atom is -0.208 e. The Morgan fingerprint density at radius 3 is 1.45 bits per heavy atom. The number of hydrogen-bond donors (Lipinski definition) is 0. The van der Waals surface area contributed by atoms with Crippen molar-refractivity contribution in [3.8, 4) is 67.5 Å². The lowest BCUT2D eigenvalue weighted by Gasteiger charge is -2.22. The van der Waals surface area contributed by atoms with Crippen LogP contribution in [0.1, 0.15) is 0 Å². The molecule has 4 heteroatoms. The highest BCUT2D eigenvalue weighted by Gasteiger charge is 2.40. The molecule has 0 N–H and O–H groups in total. The third-order valence-corrected chi connectivity index (χ3v) is 14.4. The maximum absolute atomic E-state index is 5.27. The average Bonchev–Trinajstić information content (AvgIpc) is 3.45. The van der Waals surface area contributed by atoms with Gasteiger partial charge in [-0.3, -0.25) is 0 Å². The fourth-order valence-electron chi connectivity index (χ4n) is 8.13. The van der Waals surface area contributed by atoms with Gasteiger partial charge in [-0.25, -0.2) is 15.0 Å². The molecule has 9 aromatic rings. The molecule has 0 radical (unpaired) electrons. The largest absolute Gasteiger partial charge is 0.208 e.